The van der Waals surface area contributed by atoms with Crippen molar-refractivity contribution < 1.29 is 10.0 Å². The second-order valence-electron chi connectivity index (χ2n) is 5.77. The molecule has 1 atom stereocenters. The van der Waals surface area contributed by atoms with Gasteiger partial charge in [-0.05, 0) is 18.8 Å². The van der Waals surface area contributed by atoms with E-state index in [4.69, 9.17) is 10.9 Å². The first-order chi connectivity index (χ1) is 9.46. The smallest absolute Gasteiger partial charge is 0.225 e. The van der Waals surface area contributed by atoms with Crippen LogP contribution in [-0.2, 0) is 4.79 Å². The van der Waals surface area contributed by atoms with Crippen molar-refractivity contribution in [1.82, 2.24) is 4.90 Å². The largest absolute Gasteiger partial charge is 0.409 e. The first-order valence-corrected chi connectivity index (χ1v) is 7.71. The van der Waals surface area contributed by atoms with E-state index in [1.165, 1.54) is 0 Å². The molecule has 0 bridgehead atoms. The van der Waals surface area contributed by atoms with Crippen molar-refractivity contribution in [3.05, 3.63) is 0 Å². The summed E-state index contributed by atoms with van der Waals surface area (Å²) in [7, 11) is 0. The molecule has 0 spiro atoms. The Morgan fingerprint density at radius 2 is 2.00 bits per heavy atom. The second kappa shape index (κ2) is 10.5. The van der Waals surface area contributed by atoms with Gasteiger partial charge in [-0.1, -0.05) is 45.7 Å². The number of hydrogen-bond donors (Lipinski definition) is 2. The van der Waals surface area contributed by atoms with Gasteiger partial charge in [0.25, 0.3) is 0 Å². The zero-order valence-corrected chi connectivity index (χ0v) is 13.4. The van der Waals surface area contributed by atoms with E-state index in [-0.39, 0.29) is 17.7 Å². The van der Waals surface area contributed by atoms with Crippen molar-refractivity contribution in [1.29, 1.82) is 0 Å². The maximum atomic E-state index is 12.6. The minimum atomic E-state index is 0.0981. The summed E-state index contributed by atoms with van der Waals surface area (Å²) in [6.45, 7) is 9.64. The number of rotatable bonds is 10. The normalized spacial score (nSPS) is 13.6. The predicted octanol–water partition coefficient (Wildman–Crippen LogP) is 2.82. The quantitative estimate of drug-likeness (QED) is 0.280. The molecule has 0 saturated heterocycles. The van der Waals surface area contributed by atoms with Crippen LogP contribution in [0.5, 0.6) is 0 Å². The van der Waals surface area contributed by atoms with Crippen LogP contribution in [0.15, 0.2) is 5.16 Å². The number of carbonyl (C=O) groups excluding carboxylic acids is 1. The van der Waals surface area contributed by atoms with E-state index >= 15 is 0 Å². The SMILES string of the molecule is CCCCC(CC)C(=O)N(CCC(N)=NO)CC(C)C. The number of carbonyl (C=O) groups is 1. The van der Waals surface area contributed by atoms with Crippen LogP contribution < -0.4 is 5.73 Å². The summed E-state index contributed by atoms with van der Waals surface area (Å²) < 4.78 is 0. The van der Waals surface area contributed by atoms with E-state index < -0.39 is 0 Å². The number of hydrogen-bond acceptors (Lipinski definition) is 3. The maximum absolute atomic E-state index is 12.6. The minimum Gasteiger partial charge on any atom is -0.409 e. The topological polar surface area (TPSA) is 78.9 Å². The molecule has 5 nitrogen and oxygen atoms in total. The molecule has 0 radical (unpaired) electrons. The molecule has 1 unspecified atom stereocenters. The van der Waals surface area contributed by atoms with Crippen LogP contribution in [0.2, 0.25) is 0 Å². The Balaban J connectivity index is 4.67. The molecule has 0 saturated carbocycles. The molecule has 0 aromatic rings. The fourth-order valence-corrected chi connectivity index (χ4v) is 2.24. The standard InChI is InChI=1S/C15H31N3O2/c1-5-7-8-13(6-2)15(19)18(11-12(3)4)10-9-14(16)17-20/h12-13,20H,5-11H2,1-4H3,(H2,16,17). The van der Waals surface area contributed by atoms with E-state index in [0.29, 0.717) is 18.9 Å². The highest BCUT2D eigenvalue weighted by atomic mass is 16.4. The number of nitrogens with two attached hydrogens (primary N) is 1. The van der Waals surface area contributed by atoms with Crippen molar-refractivity contribution in [2.24, 2.45) is 22.7 Å². The van der Waals surface area contributed by atoms with Crippen molar-refractivity contribution in [3.63, 3.8) is 0 Å². The Labute approximate surface area is 123 Å². The van der Waals surface area contributed by atoms with Crippen LogP contribution in [0, 0.1) is 11.8 Å². The molecule has 0 aliphatic rings. The third kappa shape index (κ3) is 7.36. The Kier molecular flexibility index (Phi) is 9.86. The summed E-state index contributed by atoms with van der Waals surface area (Å²) in [5.74, 6) is 0.893. The summed E-state index contributed by atoms with van der Waals surface area (Å²) in [5, 5.41) is 11.6. The monoisotopic (exact) mass is 285 g/mol. The van der Waals surface area contributed by atoms with Crippen molar-refractivity contribution in [3.8, 4) is 0 Å². The Hall–Kier alpha value is -1.26. The van der Waals surface area contributed by atoms with E-state index in [2.05, 4.69) is 32.9 Å². The lowest BCUT2D eigenvalue weighted by Gasteiger charge is -2.28. The molecular weight excluding hydrogens is 254 g/mol. The number of amidine groups is 1. The first-order valence-electron chi connectivity index (χ1n) is 7.71. The molecule has 0 heterocycles. The molecule has 3 N–H and O–H groups in total. The van der Waals surface area contributed by atoms with Gasteiger partial charge in [0.05, 0.1) is 0 Å². The average molecular weight is 285 g/mol. The lowest BCUT2D eigenvalue weighted by molar-refractivity contribution is -0.136. The Morgan fingerprint density at radius 1 is 1.35 bits per heavy atom. The molecule has 0 aromatic carbocycles. The summed E-state index contributed by atoms with van der Waals surface area (Å²) in [6.07, 6.45) is 4.43. The van der Waals surface area contributed by atoms with Crippen LogP contribution in [-0.4, -0.2) is 34.9 Å². The molecule has 0 rings (SSSR count). The van der Waals surface area contributed by atoms with Crippen molar-refractivity contribution in [2.75, 3.05) is 13.1 Å². The van der Waals surface area contributed by atoms with Crippen LogP contribution >= 0.6 is 0 Å². The molecule has 0 aliphatic carbocycles. The van der Waals surface area contributed by atoms with Gasteiger partial charge in [-0.2, -0.15) is 0 Å². The summed E-state index contributed by atoms with van der Waals surface area (Å²) in [5.41, 5.74) is 5.50. The van der Waals surface area contributed by atoms with Gasteiger partial charge in [-0.25, -0.2) is 0 Å². The van der Waals surface area contributed by atoms with Gasteiger partial charge in [-0.3, -0.25) is 4.79 Å². The van der Waals surface area contributed by atoms with Gasteiger partial charge in [0.1, 0.15) is 5.84 Å². The van der Waals surface area contributed by atoms with Gasteiger partial charge in [0.2, 0.25) is 5.91 Å². The number of nitrogens with zero attached hydrogens (tertiary/aromatic N) is 2. The number of unbranched alkanes of at least 4 members (excludes halogenated alkanes) is 1. The van der Waals surface area contributed by atoms with Crippen LogP contribution in [0.25, 0.3) is 0 Å². The number of oxime groups is 1. The second-order valence-corrected chi connectivity index (χ2v) is 5.77. The molecule has 1 amide bonds. The molecule has 20 heavy (non-hydrogen) atoms. The van der Waals surface area contributed by atoms with Crippen LogP contribution in [0.3, 0.4) is 0 Å². The van der Waals surface area contributed by atoms with Crippen LogP contribution in [0.4, 0.5) is 0 Å². The van der Waals surface area contributed by atoms with Gasteiger partial charge in [0, 0.05) is 25.4 Å². The molecule has 5 heteroatoms. The maximum Gasteiger partial charge on any atom is 0.225 e. The number of amides is 1. The zero-order valence-electron chi connectivity index (χ0n) is 13.4. The highest BCUT2D eigenvalue weighted by molar-refractivity contribution is 5.82. The molecular formula is C15H31N3O2. The van der Waals surface area contributed by atoms with Gasteiger partial charge in [0.15, 0.2) is 0 Å². The molecule has 0 aliphatic heterocycles. The van der Waals surface area contributed by atoms with E-state index in [9.17, 15) is 4.79 Å². The molecule has 0 aromatic heterocycles. The van der Waals surface area contributed by atoms with Crippen molar-refractivity contribution in [2.45, 2.75) is 59.8 Å². The van der Waals surface area contributed by atoms with E-state index in [1.807, 2.05) is 4.90 Å². The molecule has 118 valence electrons. The fraction of sp³-hybridized carbons (Fsp3) is 0.867. The van der Waals surface area contributed by atoms with Gasteiger partial charge >= 0.3 is 0 Å². The first kappa shape index (κ1) is 18.7. The minimum absolute atomic E-state index is 0.0981. The lowest BCUT2D eigenvalue weighted by atomic mass is 9.97. The van der Waals surface area contributed by atoms with Gasteiger partial charge in [-0.15, -0.1) is 0 Å². The zero-order chi connectivity index (χ0) is 15.5. The highest BCUT2D eigenvalue weighted by Crippen LogP contribution is 2.17. The summed E-state index contributed by atoms with van der Waals surface area (Å²) >= 11 is 0. The van der Waals surface area contributed by atoms with E-state index in [1.54, 1.807) is 0 Å². The van der Waals surface area contributed by atoms with Crippen LogP contribution in [0.1, 0.15) is 59.8 Å². The third-order valence-electron chi connectivity index (χ3n) is 3.41. The van der Waals surface area contributed by atoms with Gasteiger partial charge < -0.3 is 15.8 Å². The fourth-order valence-electron chi connectivity index (χ4n) is 2.24. The molecule has 0 fully saturated rings. The highest BCUT2D eigenvalue weighted by Gasteiger charge is 2.23. The average Bonchev–Trinajstić information content (AvgIpc) is 2.43. The lowest BCUT2D eigenvalue weighted by Crippen LogP contribution is -2.40. The summed E-state index contributed by atoms with van der Waals surface area (Å²) in [6, 6.07) is 0. The Morgan fingerprint density at radius 3 is 2.45 bits per heavy atom. The van der Waals surface area contributed by atoms with E-state index in [0.717, 1.165) is 32.2 Å². The third-order valence-corrected chi connectivity index (χ3v) is 3.41. The predicted molar refractivity (Wildman–Crippen MR) is 82.7 cm³/mol. The summed E-state index contributed by atoms with van der Waals surface area (Å²) in [4.78, 5) is 14.5. The van der Waals surface area contributed by atoms with Crippen molar-refractivity contribution >= 4 is 11.7 Å². The Bertz CT molecular complexity index is 303.